The minimum absolute atomic E-state index is 0.587. The molecule has 1 aliphatic carbocycles. The minimum atomic E-state index is 0.587. The fourth-order valence-corrected chi connectivity index (χ4v) is 3.70. The Labute approximate surface area is 97.8 Å². The SMILES string of the molecule is CC.CCC1(CC)CC(C)CC(C)(C)C1. The molecule has 1 saturated carbocycles. The highest BCUT2D eigenvalue weighted by Gasteiger charge is 2.40. The Balaban J connectivity index is 0.000000921. The summed E-state index contributed by atoms with van der Waals surface area (Å²) in [6, 6.07) is 0. The molecular formula is C15H32. The predicted molar refractivity (Wildman–Crippen MR) is 71.2 cm³/mol. The van der Waals surface area contributed by atoms with Crippen molar-refractivity contribution in [1.29, 1.82) is 0 Å². The second-order valence-electron chi connectivity index (χ2n) is 6.06. The van der Waals surface area contributed by atoms with Crippen LogP contribution in [-0.4, -0.2) is 0 Å². The molecule has 0 bridgehead atoms. The first kappa shape index (κ1) is 15.0. The van der Waals surface area contributed by atoms with Gasteiger partial charge in [0.1, 0.15) is 0 Å². The molecule has 92 valence electrons. The van der Waals surface area contributed by atoms with Crippen molar-refractivity contribution in [2.75, 3.05) is 0 Å². The zero-order valence-electron chi connectivity index (χ0n) is 12.1. The van der Waals surface area contributed by atoms with E-state index in [1.54, 1.807) is 0 Å². The van der Waals surface area contributed by atoms with E-state index in [-0.39, 0.29) is 0 Å². The molecule has 1 rings (SSSR count). The van der Waals surface area contributed by atoms with Gasteiger partial charge < -0.3 is 0 Å². The van der Waals surface area contributed by atoms with Crippen LogP contribution in [0.1, 0.15) is 80.6 Å². The van der Waals surface area contributed by atoms with E-state index in [2.05, 4.69) is 34.6 Å². The van der Waals surface area contributed by atoms with Crippen molar-refractivity contribution in [3.05, 3.63) is 0 Å². The molecule has 1 atom stereocenters. The summed E-state index contributed by atoms with van der Waals surface area (Å²) in [5.41, 5.74) is 1.25. The molecule has 0 N–H and O–H groups in total. The maximum absolute atomic E-state index is 2.45. The maximum Gasteiger partial charge on any atom is -0.0295 e. The largest absolute Gasteiger partial charge is 0.0683 e. The third-order valence-electron chi connectivity index (χ3n) is 4.04. The molecule has 0 radical (unpaired) electrons. The Hall–Kier alpha value is 0. The summed E-state index contributed by atoms with van der Waals surface area (Å²) in [5.74, 6) is 0.934. The third-order valence-corrected chi connectivity index (χ3v) is 4.04. The van der Waals surface area contributed by atoms with E-state index < -0.39 is 0 Å². The number of hydrogen-bond acceptors (Lipinski definition) is 0. The van der Waals surface area contributed by atoms with Gasteiger partial charge in [0, 0.05) is 0 Å². The molecule has 0 heteroatoms. The smallest absolute Gasteiger partial charge is 0.0295 e. The molecule has 1 unspecified atom stereocenters. The first-order valence-corrected chi connectivity index (χ1v) is 6.93. The Bertz CT molecular complexity index is 163. The normalized spacial score (nSPS) is 27.8. The van der Waals surface area contributed by atoms with Crippen molar-refractivity contribution in [1.82, 2.24) is 0 Å². The first-order chi connectivity index (χ1) is 6.93. The van der Waals surface area contributed by atoms with Gasteiger partial charge in [0.15, 0.2) is 0 Å². The average Bonchev–Trinajstić information content (AvgIpc) is 2.18. The minimum Gasteiger partial charge on any atom is -0.0683 e. The van der Waals surface area contributed by atoms with Gasteiger partial charge in [-0.1, -0.05) is 61.3 Å². The van der Waals surface area contributed by atoms with E-state index >= 15 is 0 Å². The number of rotatable bonds is 2. The average molecular weight is 212 g/mol. The molecule has 1 fully saturated rings. The van der Waals surface area contributed by atoms with Crippen LogP contribution in [0.25, 0.3) is 0 Å². The van der Waals surface area contributed by atoms with E-state index in [1.165, 1.54) is 32.1 Å². The van der Waals surface area contributed by atoms with E-state index in [4.69, 9.17) is 0 Å². The highest BCUT2D eigenvalue weighted by molar-refractivity contribution is 4.91. The summed E-state index contributed by atoms with van der Waals surface area (Å²) in [4.78, 5) is 0. The zero-order chi connectivity index (χ0) is 12.1. The Morgan fingerprint density at radius 2 is 1.47 bits per heavy atom. The lowest BCUT2D eigenvalue weighted by atomic mass is 9.58. The van der Waals surface area contributed by atoms with Crippen LogP contribution in [0.4, 0.5) is 0 Å². The third kappa shape index (κ3) is 4.17. The standard InChI is InChI=1S/C13H26.C2H6/c1-6-13(7-2)9-11(3)8-12(4,5)10-13;1-2/h11H,6-10H2,1-5H3;1-2H3. The van der Waals surface area contributed by atoms with Gasteiger partial charge in [-0.05, 0) is 36.0 Å². The maximum atomic E-state index is 2.45. The Morgan fingerprint density at radius 1 is 1.00 bits per heavy atom. The highest BCUT2D eigenvalue weighted by atomic mass is 14.4. The van der Waals surface area contributed by atoms with Gasteiger partial charge in [-0.15, -0.1) is 0 Å². The van der Waals surface area contributed by atoms with Gasteiger partial charge in [-0.2, -0.15) is 0 Å². The van der Waals surface area contributed by atoms with Crippen LogP contribution in [0, 0.1) is 16.7 Å². The first-order valence-electron chi connectivity index (χ1n) is 6.93. The summed E-state index contributed by atoms with van der Waals surface area (Å²) < 4.78 is 0. The van der Waals surface area contributed by atoms with Crippen molar-refractivity contribution in [3.8, 4) is 0 Å². The van der Waals surface area contributed by atoms with Crippen molar-refractivity contribution in [2.24, 2.45) is 16.7 Å². The van der Waals surface area contributed by atoms with Gasteiger partial charge in [-0.25, -0.2) is 0 Å². The Kier molecular flexibility index (Phi) is 5.92. The summed E-state index contributed by atoms with van der Waals surface area (Å²) in [7, 11) is 0. The van der Waals surface area contributed by atoms with Gasteiger partial charge in [0.25, 0.3) is 0 Å². The molecule has 0 amide bonds. The van der Waals surface area contributed by atoms with E-state index in [0.717, 1.165) is 5.92 Å². The van der Waals surface area contributed by atoms with Crippen molar-refractivity contribution < 1.29 is 0 Å². The van der Waals surface area contributed by atoms with E-state index in [9.17, 15) is 0 Å². The molecule has 0 aromatic carbocycles. The molecule has 0 saturated heterocycles. The van der Waals surface area contributed by atoms with E-state index in [1.807, 2.05) is 13.8 Å². The van der Waals surface area contributed by atoms with Gasteiger partial charge >= 0.3 is 0 Å². The topological polar surface area (TPSA) is 0 Å². The summed E-state index contributed by atoms with van der Waals surface area (Å²) >= 11 is 0. The van der Waals surface area contributed by atoms with Crippen molar-refractivity contribution in [3.63, 3.8) is 0 Å². The fraction of sp³-hybridized carbons (Fsp3) is 1.00. The summed E-state index contributed by atoms with van der Waals surface area (Å²) in [5, 5.41) is 0. The molecule has 0 aliphatic heterocycles. The quantitative estimate of drug-likeness (QED) is 0.553. The van der Waals surface area contributed by atoms with Gasteiger partial charge in [0.05, 0.1) is 0 Å². The molecule has 0 spiro atoms. The van der Waals surface area contributed by atoms with Crippen molar-refractivity contribution >= 4 is 0 Å². The van der Waals surface area contributed by atoms with Crippen LogP contribution in [0.15, 0.2) is 0 Å². The molecule has 0 heterocycles. The van der Waals surface area contributed by atoms with Crippen LogP contribution >= 0.6 is 0 Å². The molecule has 0 aromatic rings. The fourth-order valence-electron chi connectivity index (χ4n) is 3.70. The van der Waals surface area contributed by atoms with Crippen LogP contribution < -0.4 is 0 Å². The monoisotopic (exact) mass is 212 g/mol. The van der Waals surface area contributed by atoms with Crippen molar-refractivity contribution in [2.45, 2.75) is 80.6 Å². The molecule has 1 aliphatic rings. The van der Waals surface area contributed by atoms with Crippen LogP contribution in [0.3, 0.4) is 0 Å². The van der Waals surface area contributed by atoms with Crippen LogP contribution in [-0.2, 0) is 0 Å². The van der Waals surface area contributed by atoms with Gasteiger partial charge in [-0.3, -0.25) is 0 Å². The summed E-state index contributed by atoms with van der Waals surface area (Å²) in [6.45, 7) is 16.1. The second-order valence-corrected chi connectivity index (χ2v) is 6.06. The molecule has 15 heavy (non-hydrogen) atoms. The molecule has 0 aromatic heterocycles. The van der Waals surface area contributed by atoms with Gasteiger partial charge in [0.2, 0.25) is 0 Å². The Morgan fingerprint density at radius 3 is 1.80 bits per heavy atom. The lowest BCUT2D eigenvalue weighted by Crippen LogP contribution is -2.36. The highest BCUT2D eigenvalue weighted by Crippen LogP contribution is 2.51. The lowest BCUT2D eigenvalue weighted by Gasteiger charge is -2.47. The van der Waals surface area contributed by atoms with Crippen LogP contribution in [0.5, 0.6) is 0 Å². The molecular weight excluding hydrogens is 180 g/mol. The zero-order valence-corrected chi connectivity index (χ0v) is 12.1. The van der Waals surface area contributed by atoms with Crippen LogP contribution in [0.2, 0.25) is 0 Å². The molecule has 0 nitrogen and oxygen atoms in total. The van der Waals surface area contributed by atoms with E-state index in [0.29, 0.717) is 10.8 Å². The lowest BCUT2D eigenvalue weighted by molar-refractivity contribution is 0.0403. The predicted octanol–water partition coefficient (Wildman–Crippen LogP) is 5.67. The number of hydrogen-bond donors (Lipinski definition) is 0. The summed E-state index contributed by atoms with van der Waals surface area (Å²) in [6.07, 6.45) is 7.07. The second kappa shape index (κ2) is 5.92.